The number of aromatic nitrogens is 5. The molecule has 0 aliphatic rings. The summed E-state index contributed by atoms with van der Waals surface area (Å²) in [6.07, 6.45) is 0.189. The van der Waals surface area contributed by atoms with Crippen molar-refractivity contribution in [3.05, 3.63) is 67.1 Å². The van der Waals surface area contributed by atoms with Gasteiger partial charge in [0.15, 0.2) is 0 Å². The van der Waals surface area contributed by atoms with Crippen molar-refractivity contribution in [3.63, 3.8) is 0 Å². The normalized spacial score (nSPS) is 11.7. The van der Waals surface area contributed by atoms with Gasteiger partial charge in [0.1, 0.15) is 6.54 Å². The van der Waals surface area contributed by atoms with Crippen molar-refractivity contribution in [2.24, 2.45) is 0 Å². The van der Waals surface area contributed by atoms with Gasteiger partial charge < -0.3 is 4.90 Å². The molecule has 27 heavy (non-hydrogen) atoms. The van der Waals surface area contributed by atoms with Crippen LogP contribution < -0.4 is 4.90 Å². The smallest absolute Gasteiger partial charge is 0.301 e. The zero-order valence-electron chi connectivity index (χ0n) is 13.9. The van der Waals surface area contributed by atoms with Crippen LogP contribution in [-0.4, -0.2) is 37.5 Å². The average Bonchev–Trinajstić information content (AvgIpc) is 3.10. The minimum absolute atomic E-state index is 0.0423. The van der Waals surface area contributed by atoms with Crippen LogP contribution in [0.2, 0.25) is 0 Å². The number of hydrogen-bond donors (Lipinski definition) is 0. The van der Waals surface area contributed by atoms with Gasteiger partial charge in [-0.05, 0) is 30.3 Å². The summed E-state index contributed by atoms with van der Waals surface area (Å²) in [6.45, 7) is -1.20. The number of rotatable bonds is 4. The molecule has 3 aromatic heterocycles. The molecule has 0 amide bonds. The predicted octanol–water partition coefficient (Wildman–Crippen LogP) is 3.89. The predicted molar refractivity (Wildman–Crippen MR) is 93.5 cm³/mol. The van der Waals surface area contributed by atoms with Gasteiger partial charge in [0.25, 0.3) is 0 Å². The molecule has 0 aliphatic heterocycles. The standard InChI is InChI=1S/C18H13F3N6/c19-18(20,21)12-26(13-5-2-1-3-6-13)17-22-10-8-15(25-17)14-11-24-27-16(14)7-4-9-23-27/h1-11H,12H2. The summed E-state index contributed by atoms with van der Waals surface area (Å²) in [5.41, 5.74) is 2.18. The van der Waals surface area contributed by atoms with Crippen LogP contribution in [0.3, 0.4) is 0 Å². The maximum atomic E-state index is 13.1. The van der Waals surface area contributed by atoms with Crippen LogP contribution in [0.25, 0.3) is 16.8 Å². The molecule has 3 heterocycles. The van der Waals surface area contributed by atoms with Crippen molar-refractivity contribution >= 4 is 17.2 Å². The maximum absolute atomic E-state index is 13.1. The van der Waals surface area contributed by atoms with Crippen LogP contribution in [0.4, 0.5) is 24.8 Å². The molecule has 0 saturated heterocycles. The zero-order chi connectivity index (χ0) is 18.9. The molecule has 4 aromatic rings. The molecule has 0 saturated carbocycles. The third-order valence-electron chi connectivity index (χ3n) is 3.87. The molecule has 0 radical (unpaired) electrons. The van der Waals surface area contributed by atoms with Crippen molar-refractivity contribution in [2.45, 2.75) is 6.18 Å². The number of alkyl halides is 3. The SMILES string of the molecule is FC(F)(F)CN(c1ccccc1)c1nccc(-c2cnn3ncccc23)n1. The fourth-order valence-electron chi connectivity index (χ4n) is 2.72. The minimum atomic E-state index is -4.41. The summed E-state index contributed by atoms with van der Waals surface area (Å²) >= 11 is 0. The first-order chi connectivity index (χ1) is 13.0. The molecule has 4 rings (SSSR count). The second-order valence-electron chi connectivity index (χ2n) is 5.74. The van der Waals surface area contributed by atoms with Crippen LogP contribution in [0.15, 0.2) is 67.1 Å². The Morgan fingerprint density at radius 3 is 2.52 bits per heavy atom. The Morgan fingerprint density at radius 1 is 0.926 bits per heavy atom. The minimum Gasteiger partial charge on any atom is -0.301 e. The van der Waals surface area contributed by atoms with Crippen LogP contribution in [0.1, 0.15) is 0 Å². The van der Waals surface area contributed by atoms with E-state index in [1.165, 1.54) is 10.8 Å². The van der Waals surface area contributed by atoms with Crippen molar-refractivity contribution in [1.29, 1.82) is 0 Å². The van der Waals surface area contributed by atoms with Crippen molar-refractivity contribution in [2.75, 3.05) is 11.4 Å². The quantitative estimate of drug-likeness (QED) is 0.546. The lowest BCUT2D eigenvalue weighted by Crippen LogP contribution is -2.31. The second-order valence-corrected chi connectivity index (χ2v) is 5.74. The lowest BCUT2D eigenvalue weighted by molar-refractivity contribution is -0.118. The zero-order valence-corrected chi connectivity index (χ0v) is 13.9. The van der Waals surface area contributed by atoms with Gasteiger partial charge in [-0.25, -0.2) is 9.97 Å². The fraction of sp³-hybridized carbons (Fsp3) is 0.111. The summed E-state index contributed by atoms with van der Waals surface area (Å²) in [4.78, 5) is 9.46. The Labute approximate surface area is 151 Å². The Balaban J connectivity index is 1.79. The van der Waals surface area contributed by atoms with E-state index in [1.807, 2.05) is 6.07 Å². The lowest BCUT2D eigenvalue weighted by Gasteiger charge is -2.24. The Kier molecular flexibility index (Phi) is 4.19. The van der Waals surface area contributed by atoms with Crippen molar-refractivity contribution in [3.8, 4) is 11.3 Å². The highest BCUT2D eigenvalue weighted by molar-refractivity contribution is 5.77. The summed E-state index contributed by atoms with van der Waals surface area (Å²) in [5.74, 6) is -0.0423. The van der Waals surface area contributed by atoms with E-state index in [9.17, 15) is 13.2 Å². The van der Waals surface area contributed by atoms with Crippen LogP contribution in [-0.2, 0) is 0 Å². The molecular formula is C18H13F3N6. The Morgan fingerprint density at radius 2 is 1.74 bits per heavy atom. The molecule has 1 aromatic carbocycles. The summed E-state index contributed by atoms with van der Waals surface area (Å²) in [6, 6.07) is 13.4. The monoisotopic (exact) mass is 370 g/mol. The molecule has 0 bridgehead atoms. The summed E-state index contributed by atoms with van der Waals surface area (Å²) < 4.78 is 40.9. The van der Waals surface area contributed by atoms with Gasteiger partial charge >= 0.3 is 6.18 Å². The van der Waals surface area contributed by atoms with Crippen LogP contribution >= 0.6 is 0 Å². The van der Waals surface area contributed by atoms with E-state index in [-0.39, 0.29) is 5.95 Å². The highest BCUT2D eigenvalue weighted by Gasteiger charge is 2.33. The van der Waals surface area contributed by atoms with E-state index in [1.54, 1.807) is 54.9 Å². The first-order valence-corrected chi connectivity index (χ1v) is 8.03. The summed E-state index contributed by atoms with van der Waals surface area (Å²) in [5, 5.41) is 8.22. The molecule has 6 nitrogen and oxygen atoms in total. The number of para-hydroxylation sites is 1. The van der Waals surface area contributed by atoms with Gasteiger partial charge in [0.05, 0.1) is 17.4 Å². The highest BCUT2D eigenvalue weighted by atomic mass is 19.4. The van der Waals surface area contributed by atoms with Crippen molar-refractivity contribution in [1.82, 2.24) is 24.8 Å². The topological polar surface area (TPSA) is 59.2 Å². The van der Waals surface area contributed by atoms with Crippen molar-refractivity contribution < 1.29 is 13.2 Å². The maximum Gasteiger partial charge on any atom is 0.406 e. The number of benzene rings is 1. The Bertz CT molecular complexity index is 1060. The molecule has 0 atom stereocenters. The number of nitrogens with zero attached hydrogens (tertiary/aromatic N) is 6. The van der Waals surface area contributed by atoms with E-state index in [2.05, 4.69) is 20.2 Å². The Hall–Kier alpha value is -3.49. The van der Waals surface area contributed by atoms with E-state index in [4.69, 9.17) is 0 Å². The number of fused-ring (bicyclic) bond motifs is 1. The number of anilines is 2. The van der Waals surface area contributed by atoms with E-state index in [0.717, 1.165) is 4.90 Å². The molecular weight excluding hydrogens is 357 g/mol. The molecule has 0 aliphatic carbocycles. The van der Waals surface area contributed by atoms with Crippen LogP contribution in [0.5, 0.6) is 0 Å². The largest absolute Gasteiger partial charge is 0.406 e. The first-order valence-electron chi connectivity index (χ1n) is 8.03. The third-order valence-corrected chi connectivity index (χ3v) is 3.87. The molecule has 9 heteroatoms. The van der Waals surface area contributed by atoms with Gasteiger partial charge in [-0.15, -0.1) is 0 Å². The third kappa shape index (κ3) is 3.57. The van der Waals surface area contributed by atoms with Gasteiger partial charge in [-0.3, -0.25) is 0 Å². The number of hydrogen-bond acceptors (Lipinski definition) is 5. The van der Waals surface area contributed by atoms with Gasteiger partial charge in [-0.2, -0.15) is 28.0 Å². The lowest BCUT2D eigenvalue weighted by atomic mass is 10.2. The average molecular weight is 370 g/mol. The molecule has 0 unspecified atom stereocenters. The number of halogens is 3. The van der Waals surface area contributed by atoms with E-state index in [0.29, 0.717) is 22.5 Å². The van der Waals surface area contributed by atoms with Gasteiger partial charge in [0.2, 0.25) is 5.95 Å². The fourth-order valence-corrected chi connectivity index (χ4v) is 2.72. The van der Waals surface area contributed by atoms with Gasteiger partial charge in [-0.1, -0.05) is 18.2 Å². The molecule has 0 spiro atoms. The van der Waals surface area contributed by atoms with Gasteiger partial charge in [0, 0.05) is 23.6 Å². The van der Waals surface area contributed by atoms with Crippen LogP contribution in [0, 0.1) is 0 Å². The molecule has 0 fully saturated rings. The molecule has 136 valence electrons. The van der Waals surface area contributed by atoms with E-state index >= 15 is 0 Å². The first kappa shape index (κ1) is 17.0. The summed E-state index contributed by atoms with van der Waals surface area (Å²) in [7, 11) is 0. The van der Waals surface area contributed by atoms with E-state index < -0.39 is 12.7 Å². The molecule has 0 N–H and O–H groups in total. The highest BCUT2D eigenvalue weighted by Crippen LogP contribution is 2.29. The second kappa shape index (κ2) is 6.67.